The number of fused-ring (bicyclic) bond motifs is 1. The molecule has 2 amide bonds. The smallest absolute Gasteiger partial charge is 0.247 e. The molecular formula is C30H26N4O4S2. The van der Waals surface area contributed by atoms with Gasteiger partial charge >= 0.3 is 0 Å². The van der Waals surface area contributed by atoms with Crippen molar-refractivity contribution in [2.75, 3.05) is 36.0 Å². The Hall–Kier alpha value is -4.02. The summed E-state index contributed by atoms with van der Waals surface area (Å²) in [4.78, 5) is 47.8. The maximum Gasteiger partial charge on any atom is 0.247 e. The average Bonchev–Trinajstić information content (AvgIpc) is 3.53. The lowest BCUT2D eigenvalue weighted by Crippen LogP contribution is -2.48. The number of para-hydroxylation sites is 2. The van der Waals surface area contributed by atoms with Crippen molar-refractivity contribution in [2.45, 2.75) is 18.6 Å². The second kappa shape index (κ2) is 10.9. The van der Waals surface area contributed by atoms with Gasteiger partial charge in [0.05, 0.1) is 5.69 Å². The van der Waals surface area contributed by atoms with Crippen LogP contribution in [0.2, 0.25) is 0 Å². The number of benzene rings is 3. The number of thiocarbonyl (C=S) groups is 1. The topological polar surface area (TPSA) is 87.0 Å². The highest BCUT2D eigenvalue weighted by molar-refractivity contribution is 8.23. The van der Waals surface area contributed by atoms with E-state index in [1.165, 1.54) is 16.7 Å². The standard InChI is InChI=1S/C30H26N4O4S2/c1-19(35)20-6-10-22(11-7-20)32-14-16-33(17-15-32)30(39)40-26-18-27(36)34(29(26)37)23-12-8-21(9-13-23)28-31-24-4-2-3-5-25(24)38-28/h2-13,26H,14-18H2,1H3. The van der Waals surface area contributed by atoms with Gasteiger partial charge in [0.15, 0.2) is 11.4 Å². The van der Waals surface area contributed by atoms with Gasteiger partial charge in [0, 0.05) is 49.4 Å². The van der Waals surface area contributed by atoms with Gasteiger partial charge < -0.3 is 14.2 Å². The highest BCUT2D eigenvalue weighted by atomic mass is 32.2. The Morgan fingerprint density at radius 2 is 1.60 bits per heavy atom. The van der Waals surface area contributed by atoms with E-state index in [0.717, 1.165) is 42.9 Å². The number of Topliss-reactive ketones (excluding diaryl/α,β-unsaturated/α-hetero) is 1. The fraction of sp³-hybridized carbons (Fsp3) is 0.233. The number of imide groups is 1. The summed E-state index contributed by atoms with van der Waals surface area (Å²) < 4.78 is 6.46. The molecule has 0 saturated carbocycles. The van der Waals surface area contributed by atoms with Gasteiger partial charge in [0.2, 0.25) is 17.7 Å². The third-order valence-electron chi connectivity index (χ3n) is 7.19. The van der Waals surface area contributed by atoms with Crippen LogP contribution in [0.1, 0.15) is 23.7 Å². The van der Waals surface area contributed by atoms with Crippen LogP contribution in [-0.4, -0.2) is 63.2 Å². The van der Waals surface area contributed by atoms with Crippen LogP contribution in [0.25, 0.3) is 22.6 Å². The lowest BCUT2D eigenvalue weighted by Gasteiger charge is -2.37. The van der Waals surface area contributed by atoms with Gasteiger partial charge in [-0.1, -0.05) is 36.1 Å². The number of ketones is 1. The molecule has 6 rings (SSSR count). The number of carbonyl (C=O) groups is 3. The molecule has 1 aromatic heterocycles. The van der Waals surface area contributed by atoms with Gasteiger partial charge in [0.25, 0.3) is 0 Å². The number of thioether (sulfide) groups is 1. The van der Waals surface area contributed by atoms with E-state index in [0.29, 0.717) is 27.0 Å². The lowest BCUT2D eigenvalue weighted by molar-refractivity contribution is -0.121. The molecule has 202 valence electrons. The molecule has 2 fully saturated rings. The van der Waals surface area contributed by atoms with Gasteiger partial charge in [-0.3, -0.25) is 14.4 Å². The fourth-order valence-electron chi connectivity index (χ4n) is 4.97. The zero-order valence-electron chi connectivity index (χ0n) is 21.8. The molecule has 8 nitrogen and oxygen atoms in total. The largest absolute Gasteiger partial charge is 0.436 e. The van der Waals surface area contributed by atoms with Crippen LogP contribution in [-0.2, 0) is 9.59 Å². The minimum absolute atomic E-state index is 0.0502. The summed E-state index contributed by atoms with van der Waals surface area (Å²) >= 11 is 6.98. The van der Waals surface area contributed by atoms with E-state index in [-0.39, 0.29) is 24.0 Å². The van der Waals surface area contributed by atoms with Crippen molar-refractivity contribution in [3.8, 4) is 11.5 Å². The van der Waals surface area contributed by atoms with Gasteiger partial charge in [-0.25, -0.2) is 9.88 Å². The van der Waals surface area contributed by atoms with Crippen LogP contribution in [0.3, 0.4) is 0 Å². The van der Waals surface area contributed by atoms with E-state index in [1.807, 2.05) is 48.5 Å². The van der Waals surface area contributed by atoms with Crippen LogP contribution in [0.5, 0.6) is 0 Å². The highest BCUT2D eigenvalue weighted by Crippen LogP contribution is 2.33. The Labute approximate surface area is 240 Å². The predicted octanol–water partition coefficient (Wildman–Crippen LogP) is 5.17. The number of rotatable bonds is 5. The van der Waals surface area contributed by atoms with E-state index in [9.17, 15) is 14.4 Å². The number of anilines is 2. The quantitative estimate of drug-likeness (QED) is 0.183. The normalized spacial score (nSPS) is 17.6. The molecule has 40 heavy (non-hydrogen) atoms. The van der Waals surface area contributed by atoms with Crippen molar-refractivity contribution in [1.29, 1.82) is 0 Å². The summed E-state index contributed by atoms with van der Waals surface area (Å²) in [6, 6.07) is 22.3. The molecule has 0 radical (unpaired) electrons. The maximum absolute atomic E-state index is 13.3. The number of aromatic nitrogens is 1. The summed E-state index contributed by atoms with van der Waals surface area (Å²) in [6.45, 7) is 4.55. The Morgan fingerprint density at radius 3 is 2.27 bits per heavy atom. The monoisotopic (exact) mass is 570 g/mol. The molecule has 2 saturated heterocycles. The summed E-state index contributed by atoms with van der Waals surface area (Å²) in [7, 11) is 0. The Kier molecular flexibility index (Phi) is 7.12. The molecule has 1 atom stereocenters. The molecule has 0 spiro atoms. The molecule has 2 aliphatic rings. The molecular weight excluding hydrogens is 544 g/mol. The minimum Gasteiger partial charge on any atom is -0.436 e. The summed E-state index contributed by atoms with van der Waals surface area (Å²) in [5, 5.41) is -0.547. The second-order valence-corrected chi connectivity index (χ2v) is 11.6. The van der Waals surface area contributed by atoms with E-state index >= 15 is 0 Å². The molecule has 0 aliphatic carbocycles. The lowest BCUT2D eigenvalue weighted by atomic mass is 10.1. The number of oxazole rings is 1. The van der Waals surface area contributed by atoms with Crippen LogP contribution >= 0.6 is 24.0 Å². The van der Waals surface area contributed by atoms with Crippen molar-refractivity contribution >= 4 is 68.4 Å². The van der Waals surface area contributed by atoms with Crippen molar-refractivity contribution in [1.82, 2.24) is 9.88 Å². The summed E-state index contributed by atoms with van der Waals surface area (Å²) in [5.74, 6) is 0.0444. The van der Waals surface area contributed by atoms with Crippen molar-refractivity contribution in [3.05, 3.63) is 78.4 Å². The van der Waals surface area contributed by atoms with Crippen LogP contribution < -0.4 is 9.80 Å². The number of hydrogen-bond acceptors (Lipinski definition) is 8. The Bertz CT molecular complexity index is 1580. The molecule has 10 heteroatoms. The van der Waals surface area contributed by atoms with Crippen molar-refractivity contribution in [2.24, 2.45) is 0 Å². The van der Waals surface area contributed by atoms with E-state index in [1.54, 1.807) is 31.2 Å². The molecule has 1 unspecified atom stereocenters. The highest BCUT2D eigenvalue weighted by Gasteiger charge is 2.41. The zero-order valence-corrected chi connectivity index (χ0v) is 23.4. The van der Waals surface area contributed by atoms with E-state index in [2.05, 4.69) is 14.8 Å². The molecule has 4 aromatic rings. The third kappa shape index (κ3) is 5.12. The van der Waals surface area contributed by atoms with Crippen LogP contribution in [0.15, 0.2) is 77.2 Å². The number of carbonyl (C=O) groups excluding carboxylic acids is 3. The number of piperazine rings is 1. The first-order chi connectivity index (χ1) is 19.4. The van der Waals surface area contributed by atoms with E-state index < -0.39 is 5.25 Å². The van der Waals surface area contributed by atoms with Crippen LogP contribution in [0.4, 0.5) is 11.4 Å². The summed E-state index contributed by atoms with van der Waals surface area (Å²) in [5.41, 5.74) is 4.52. The van der Waals surface area contributed by atoms with Gasteiger partial charge in [-0.05, 0) is 67.6 Å². The summed E-state index contributed by atoms with van der Waals surface area (Å²) in [6.07, 6.45) is 0.110. The predicted molar refractivity (Wildman–Crippen MR) is 161 cm³/mol. The van der Waals surface area contributed by atoms with Gasteiger partial charge in [-0.2, -0.15) is 0 Å². The third-order valence-corrected chi connectivity index (χ3v) is 8.85. The number of hydrogen-bond donors (Lipinski definition) is 0. The zero-order chi connectivity index (χ0) is 27.8. The first-order valence-electron chi connectivity index (χ1n) is 13.0. The number of amides is 2. The van der Waals surface area contributed by atoms with Crippen LogP contribution in [0, 0.1) is 0 Å². The first kappa shape index (κ1) is 26.2. The average molecular weight is 571 g/mol. The number of nitrogens with zero attached hydrogens (tertiary/aromatic N) is 4. The second-order valence-electron chi connectivity index (χ2n) is 9.75. The van der Waals surface area contributed by atoms with Gasteiger partial charge in [-0.15, -0.1) is 0 Å². The molecule has 2 aliphatic heterocycles. The maximum atomic E-state index is 13.3. The first-order valence-corrected chi connectivity index (χ1v) is 14.3. The Morgan fingerprint density at radius 1 is 0.925 bits per heavy atom. The van der Waals surface area contributed by atoms with Gasteiger partial charge in [0.1, 0.15) is 15.1 Å². The molecule has 0 bridgehead atoms. The fourth-order valence-corrected chi connectivity index (χ4v) is 6.50. The SMILES string of the molecule is CC(=O)c1ccc(N2CCN(C(=S)SC3CC(=O)N(c4ccc(-c5nc6ccccc6o5)cc4)C3=O)CC2)cc1. The van der Waals surface area contributed by atoms with Crippen molar-refractivity contribution < 1.29 is 18.8 Å². The molecule has 3 heterocycles. The molecule has 3 aromatic carbocycles. The Balaban J connectivity index is 1.06. The molecule has 0 N–H and O–H groups in total. The van der Waals surface area contributed by atoms with E-state index in [4.69, 9.17) is 16.6 Å². The minimum atomic E-state index is -0.547. The van der Waals surface area contributed by atoms with Crippen molar-refractivity contribution in [3.63, 3.8) is 0 Å².